The minimum Gasteiger partial charge on any atom is -0.497 e. The van der Waals surface area contributed by atoms with Gasteiger partial charge in [0.05, 0.1) is 17.2 Å². The summed E-state index contributed by atoms with van der Waals surface area (Å²) in [6.45, 7) is 4.95. The molecule has 3 aromatic rings. The summed E-state index contributed by atoms with van der Waals surface area (Å²) in [4.78, 5) is 21.6. The molecule has 0 bridgehead atoms. The van der Waals surface area contributed by atoms with Gasteiger partial charge in [0.2, 0.25) is 5.13 Å². The summed E-state index contributed by atoms with van der Waals surface area (Å²) in [7, 11) is 1.67. The van der Waals surface area contributed by atoms with Crippen LogP contribution in [0.2, 0.25) is 10.0 Å². The number of carbonyl (C=O) groups excluding carboxylic acids is 1. The van der Waals surface area contributed by atoms with Crippen LogP contribution in [0.5, 0.6) is 5.75 Å². The fourth-order valence-corrected chi connectivity index (χ4v) is 4.67. The topological polar surface area (TPSA) is 70.6 Å². The van der Waals surface area contributed by atoms with Crippen molar-refractivity contribution in [3.63, 3.8) is 0 Å². The minimum absolute atomic E-state index is 0.148. The summed E-state index contributed by atoms with van der Waals surface area (Å²) in [6, 6.07) is 12.9. The van der Waals surface area contributed by atoms with Crippen LogP contribution in [0.15, 0.2) is 42.5 Å². The van der Waals surface area contributed by atoms with E-state index >= 15 is 0 Å². The van der Waals surface area contributed by atoms with Crippen molar-refractivity contribution in [2.24, 2.45) is 0 Å². The lowest BCUT2D eigenvalue weighted by Gasteiger charge is -2.34. The quantitative estimate of drug-likeness (QED) is 0.498. The van der Waals surface area contributed by atoms with Crippen molar-refractivity contribution < 1.29 is 9.53 Å². The van der Waals surface area contributed by atoms with Gasteiger partial charge >= 0.3 is 0 Å². The number of nitrogens with one attached hydrogen (secondary N) is 1. The second-order valence-corrected chi connectivity index (χ2v) is 9.28. The number of piperazine rings is 1. The number of carbonyl (C=O) groups is 1. The fourth-order valence-electron chi connectivity index (χ4n) is 3.64. The van der Waals surface area contributed by atoms with E-state index in [0.29, 0.717) is 28.6 Å². The Morgan fingerprint density at radius 2 is 1.94 bits per heavy atom. The number of benzene rings is 2. The second-order valence-electron chi connectivity index (χ2n) is 7.73. The van der Waals surface area contributed by atoms with Crippen molar-refractivity contribution >= 4 is 45.8 Å². The van der Waals surface area contributed by atoms with Crippen LogP contribution in [0.4, 0.5) is 5.13 Å². The molecule has 0 saturated carbocycles. The highest BCUT2D eigenvalue weighted by Gasteiger charge is 2.20. The van der Waals surface area contributed by atoms with Gasteiger partial charge in [-0.25, -0.2) is 4.98 Å². The van der Waals surface area contributed by atoms with E-state index in [1.807, 2.05) is 18.2 Å². The zero-order chi connectivity index (χ0) is 23.2. The average Bonchev–Trinajstić information content (AvgIpc) is 3.29. The van der Waals surface area contributed by atoms with Crippen LogP contribution in [0.25, 0.3) is 0 Å². The van der Waals surface area contributed by atoms with Gasteiger partial charge < -0.3 is 15.0 Å². The number of nitrogens with zero attached hydrogens (tertiary/aromatic N) is 4. The van der Waals surface area contributed by atoms with Gasteiger partial charge in [-0.1, -0.05) is 35.3 Å². The Morgan fingerprint density at radius 3 is 2.70 bits per heavy atom. The van der Waals surface area contributed by atoms with Gasteiger partial charge in [-0.15, -0.1) is 0 Å². The van der Waals surface area contributed by atoms with Gasteiger partial charge in [-0.05, 0) is 35.9 Å². The number of halogens is 2. The van der Waals surface area contributed by atoms with Gasteiger partial charge in [0.1, 0.15) is 11.6 Å². The predicted molar refractivity (Wildman–Crippen MR) is 133 cm³/mol. The maximum absolute atomic E-state index is 12.3. The third-order valence-corrected chi connectivity index (χ3v) is 7.05. The van der Waals surface area contributed by atoms with E-state index in [1.54, 1.807) is 25.3 Å². The van der Waals surface area contributed by atoms with Gasteiger partial charge in [0.25, 0.3) is 5.91 Å². The fraction of sp³-hybridized carbons (Fsp3) is 0.348. The van der Waals surface area contributed by atoms with Crippen molar-refractivity contribution in [3.05, 3.63) is 69.5 Å². The normalized spacial score (nSPS) is 14.3. The predicted octanol–water partition coefficient (Wildman–Crippen LogP) is 4.00. The van der Waals surface area contributed by atoms with Crippen LogP contribution in [0, 0.1) is 0 Å². The van der Waals surface area contributed by atoms with Crippen LogP contribution in [-0.2, 0) is 6.42 Å². The summed E-state index contributed by atoms with van der Waals surface area (Å²) in [6.07, 6.45) is 0.687. The number of ether oxygens (including phenoxy) is 1. The smallest absolute Gasteiger partial charge is 0.251 e. The van der Waals surface area contributed by atoms with Crippen LogP contribution < -0.4 is 15.0 Å². The monoisotopic (exact) mass is 505 g/mol. The molecule has 1 saturated heterocycles. The molecule has 0 atom stereocenters. The van der Waals surface area contributed by atoms with Crippen molar-refractivity contribution in [2.45, 2.75) is 6.42 Å². The molecule has 2 aromatic carbocycles. The minimum atomic E-state index is -0.148. The first-order valence-electron chi connectivity index (χ1n) is 10.7. The molecule has 1 amide bonds. The number of amides is 1. The molecule has 7 nitrogen and oxygen atoms in total. The molecule has 1 N–H and O–H groups in total. The average molecular weight is 506 g/mol. The molecular formula is C23H25Cl2N5O2S. The van der Waals surface area contributed by atoms with Crippen LogP contribution in [0.3, 0.4) is 0 Å². The molecule has 10 heteroatoms. The van der Waals surface area contributed by atoms with E-state index in [-0.39, 0.29) is 5.91 Å². The van der Waals surface area contributed by atoms with Gasteiger partial charge in [-0.2, -0.15) is 4.37 Å². The van der Waals surface area contributed by atoms with E-state index in [9.17, 15) is 4.79 Å². The van der Waals surface area contributed by atoms with E-state index in [2.05, 4.69) is 25.6 Å². The van der Waals surface area contributed by atoms with Gasteiger partial charge in [-0.3, -0.25) is 9.69 Å². The number of hydrogen-bond acceptors (Lipinski definition) is 7. The zero-order valence-corrected chi connectivity index (χ0v) is 20.6. The molecule has 0 radical (unpaired) electrons. The Hall–Kier alpha value is -2.39. The first kappa shape index (κ1) is 23.8. The van der Waals surface area contributed by atoms with Crippen molar-refractivity contribution in [2.75, 3.05) is 51.3 Å². The molecule has 0 aliphatic carbocycles. The number of aromatic nitrogens is 2. The summed E-state index contributed by atoms with van der Waals surface area (Å²) < 4.78 is 9.83. The molecule has 0 unspecified atom stereocenters. The number of methoxy groups -OCH3 is 1. The lowest BCUT2D eigenvalue weighted by molar-refractivity contribution is 0.0948. The molecule has 2 heterocycles. The Morgan fingerprint density at radius 1 is 1.12 bits per heavy atom. The third kappa shape index (κ3) is 6.35. The summed E-state index contributed by atoms with van der Waals surface area (Å²) in [5.74, 6) is 1.52. The zero-order valence-electron chi connectivity index (χ0n) is 18.3. The Bertz CT molecular complexity index is 1100. The van der Waals surface area contributed by atoms with Gasteiger partial charge in [0, 0.05) is 62.8 Å². The molecule has 1 aliphatic heterocycles. The van der Waals surface area contributed by atoms with Crippen molar-refractivity contribution in [3.8, 4) is 5.75 Å². The van der Waals surface area contributed by atoms with Crippen LogP contribution in [-0.4, -0.2) is 66.5 Å². The molecule has 33 heavy (non-hydrogen) atoms. The third-order valence-electron chi connectivity index (χ3n) is 5.49. The van der Waals surface area contributed by atoms with E-state index in [1.165, 1.54) is 11.5 Å². The maximum Gasteiger partial charge on any atom is 0.251 e. The molecule has 1 fully saturated rings. The molecule has 174 valence electrons. The molecular weight excluding hydrogens is 481 g/mol. The van der Waals surface area contributed by atoms with Gasteiger partial charge in [0.15, 0.2) is 0 Å². The number of anilines is 1. The first-order chi connectivity index (χ1) is 16.0. The van der Waals surface area contributed by atoms with Crippen molar-refractivity contribution in [1.29, 1.82) is 0 Å². The SMILES string of the molecule is COc1cccc(Cc2nsc(N3CCN(CCNC(=O)c4ccc(Cl)c(Cl)c4)CC3)n2)c1. The molecule has 1 aromatic heterocycles. The van der Waals surface area contributed by atoms with E-state index in [4.69, 9.17) is 32.9 Å². The lowest BCUT2D eigenvalue weighted by Crippen LogP contribution is -2.48. The highest BCUT2D eigenvalue weighted by molar-refractivity contribution is 7.09. The van der Waals surface area contributed by atoms with Crippen molar-refractivity contribution in [1.82, 2.24) is 19.6 Å². The highest BCUT2D eigenvalue weighted by atomic mass is 35.5. The van der Waals surface area contributed by atoms with Crippen LogP contribution >= 0.6 is 34.7 Å². The largest absolute Gasteiger partial charge is 0.497 e. The second kappa shape index (κ2) is 11.2. The number of hydrogen-bond donors (Lipinski definition) is 1. The van der Waals surface area contributed by atoms with E-state index < -0.39 is 0 Å². The summed E-state index contributed by atoms with van der Waals surface area (Å²) in [5.41, 5.74) is 1.64. The molecule has 0 spiro atoms. The Balaban J connectivity index is 1.21. The Labute approximate surface area is 207 Å². The lowest BCUT2D eigenvalue weighted by atomic mass is 10.1. The Kier molecular flexibility index (Phi) is 8.03. The highest BCUT2D eigenvalue weighted by Crippen LogP contribution is 2.23. The summed E-state index contributed by atoms with van der Waals surface area (Å²) in [5, 5.41) is 4.72. The standard InChI is InChI=1S/C23H25Cl2N5O2S/c1-32-18-4-2-3-16(13-18)14-21-27-23(33-28-21)30-11-9-29(10-12-30)8-7-26-22(31)17-5-6-19(24)20(25)15-17/h2-6,13,15H,7-12,14H2,1H3,(H,26,31). The van der Waals surface area contributed by atoms with E-state index in [0.717, 1.165) is 55.0 Å². The number of rotatable bonds is 8. The summed E-state index contributed by atoms with van der Waals surface area (Å²) >= 11 is 13.3. The molecule has 1 aliphatic rings. The van der Waals surface area contributed by atoms with Crippen LogP contribution in [0.1, 0.15) is 21.7 Å². The first-order valence-corrected chi connectivity index (χ1v) is 12.2. The molecule has 4 rings (SSSR count). The maximum atomic E-state index is 12.3.